The van der Waals surface area contributed by atoms with Crippen LogP contribution in [0.2, 0.25) is 0 Å². The maximum absolute atomic E-state index is 13.0. The van der Waals surface area contributed by atoms with Gasteiger partial charge < -0.3 is 10.0 Å². The molecule has 0 fully saturated rings. The van der Waals surface area contributed by atoms with Gasteiger partial charge in [0, 0.05) is 5.69 Å². The number of halogens is 3. The van der Waals surface area contributed by atoms with E-state index in [1.165, 1.54) is 12.1 Å². The second-order valence-electron chi connectivity index (χ2n) is 6.12. The summed E-state index contributed by atoms with van der Waals surface area (Å²) in [5.41, 5.74) is 2.28. The van der Waals surface area contributed by atoms with Crippen molar-refractivity contribution < 1.29 is 23.1 Å². The number of aliphatic carboxylic acids is 1. The van der Waals surface area contributed by atoms with Crippen molar-refractivity contribution in [1.29, 1.82) is 5.26 Å². The molecular formula is C20H19F3N2O2. The van der Waals surface area contributed by atoms with E-state index in [2.05, 4.69) is 0 Å². The lowest BCUT2D eigenvalue weighted by Gasteiger charge is -2.31. The Labute approximate surface area is 155 Å². The molecule has 0 bridgehead atoms. The average Bonchev–Trinajstić information content (AvgIpc) is 2.64. The summed E-state index contributed by atoms with van der Waals surface area (Å²) in [6, 6.07) is 13.8. The van der Waals surface area contributed by atoms with E-state index in [0.29, 0.717) is 12.0 Å². The third kappa shape index (κ3) is 5.48. The molecule has 2 aromatic rings. The van der Waals surface area contributed by atoms with Crippen LogP contribution in [0.5, 0.6) is 0 Å². The van der Waals surface area contributed by atoms with Gasteiger partial charge in [0.05, 0.1) is 11.6 Å². The first kappa shape index (κ1) is 20.3. The Balaban J connectivity index is 2.34. The molecule has 0 amide bonds. The largest absolute Gasteiger partial charge is 0.480 e. The van der Waals surface area contributed by atoms with E-state index in [0.717, 1.165) is 16.0 Å². The van der Waals surface area contributed by atoms with Gasteiger partial charge >= 0.3 is 12.1 Å². The fourth-order valence-electron chi connectivity index (χ4n) is 2.84. The van der Waals surface area contributed by atoms with Crippen LogP contribution in [0.3, 0.4) is 0 Å². The minimum absolute atomic E-state index is 0.114. The molecule has 0 saturated carbocycles. The van der Waals surface area contributed by atoms with Gasteiger partial charge in [0.2, 0.25) is 0 Å². The molecule has 0 radical (unpaired) electrons. The highest BCUT2D eigenvalue weighted by atomic mass is 19.4. The molecule has 0 aliphatic rings. The van der Waals surface area contributed by atoms with Crippen LogP contribution in [0.1, 0.15) is 25.3 Å². The molecule has 7 heteroatoms. The molecule has 2 aromatic carbocycles. The summed E-state index contributed by atoms with van der Waals surface area (Å²) in [6.07, 6.45) is -3.95. The first-order valence-electron chi connectivity index (χ1n) is 8.42. The van der Waals surface area contributed by atoms with Crippen molar-refractivity contribution in [2.45, 2.75) is 32.0 Å². The molecule has 1 N–H and O–H groups in total. The normalized spacial score (nSPS) is 12.3. The number of carbonyl (C=O) groups is 1. The molecule has 0 unspecified atom stereocenters. The van der Waals surface area contributed by atoms with Gasteiger partial charge in [-0.25, -0.2) is 4.79 Å². The lowest BCUT2D eigenvalue weighted by molar-refractivity contribution is -0.140. The maximum Gasteiger partial charge on any atom is 0.405 e. The van der Waals surface area contributed by atoms with Crippen LogP contribution in [-0.2, 0) is 4.79 Å². The fraction of sp³-hybridized carbons (Fsp3) is 0.300. The summed E-state index contributed by atoms with van der Waals surface area (Å²) in [5.74, 6) is -1.28. The summed E-state index contributed by atoms with van der Waals surface area (Å²) in [5, 5.41) is 18.2. The second-order valence-corrected chi connectivity index (χ2v) is 6.12. The summed E-state index contributed by atoms with van der Waals surface area (Å²) in [7, 11) is 0. The Bertz CT molecular complexity index is 809. The van der Waals surface area contributed by atoms with Gasteiger partial charge in [-0.1, -0.05) is 37.6 Å². The fourth-order valence-corrected chi connectivity index (χ4v) is 2.84. The van der Waals surface area contributed by atoms with Gasteiger partial charge in [-0.2, -0.15) is 18.4 Å². The van der Waals surface area contributed by atoms with Crippen LogP contribution in [0.25, 0.3) is 11.1 Å². The number of carboxylic acids is 1. The number of rotatable bonds is 7. The molecule has 2 rings (SSSR count). The Morgan fingerprint density at radius 1 is 1.11 bits per heavy atom. The molecule has 0 spiro atoms. The molecule has 1 atom stereocenters. The van der Waals surface area contributed by atoms with Crippen LogP contribution in [0.4, 0.5) is 18.9 Å². The van der Waals surface area contributed by atoms with Crippen molar-refractivity contribution in [3.63, 3.8) is 0 Å². The van der Waals surface area contributed by atoms with Crippen LogP contribution in [0, 0.1) is 11.3 Å². The number of alkyl halides is 3. The van der Waals surface area contributed by atoms with Crippen LogP contribution in [0.15, 0.2) is 48.5 Å². The molecule has 0 saturated heterocycles. The van der Waals surface area contributed by atoms with E-state index in [-0.39, 0.29) is 12.1 Å². The van der Waals surface area contributed by atoms with Crippen molar-refractivity contribution in [3.8, 4) is 17.2 Å². The van der Waals surface area contributed by atoms with Crippen LogP contribution in [-0.4, -0.2) is 29.8 Å². The Kier molecular flexibility index (Phi) is 6.45. The van der Waals surface area contributed by atoms with Gasteiger partial charge in [-0.3, -0.25) is 0 Å². The summed E-state index contributed by atoms with van der Waals surface area (Å²) >= 11 is 0. The maximum atomic E-state index is 13.0. The van der Waals surface area contributed by atoms with Gasteiger partial charge in [-0.15, -0.1) is 0 Å². The van der Waals surface area contributed by atoms with E-state index in [1.807, 2.05) is 6.07 Å². The first-order chi connectivity index (χ1) is 12.7. The zero-order valence-electron chi connectivity index (χ0n) is 14.7. The number of anilines is 1. The van der Waals surface area contributed by atoms with Crippen molar-refractivity contribution in [2.24, 2.45) is 0 Å². The van der Waals surface area contributed by atoms with E-state index >= 15 is 0 Å². The first-order valence-corrected chi connectivity index (χ1v) is 8.42. The summed E-state index contributed by atoms with van der Waals surface area (Å²) in [6.45, 7) is 0.399. The Hall–Kier alpha value is -3.01. The molecule has 27 heavy (non-hydrogen) atoms. The minimum Gasteiger partial charge on any atom is -0.480 e. The highest BCUT2D eigenvalue weighted by Gasteiger charge is 2.36. The summed E-state index contributed by atoms with van der Waals surface area (Å²) in [4.78, 5) is 12.4. The van der Waals surface area contributed by atoms with E-state index in [4.69, 9.17) is 5.26 Å². The van der Waals surface area contributed by atoms with Crippen molar-refractivity contribution in [2.75, 3.05) is 11.4 Å². The van der Waals surface area contributed by atoms with Crippen molar-refractivity contribution in [3.05, 3.63) is 54.1 Å². The van der Waals surface area contributed by atoms with Crippen LogP contribution < -0.4 is 4.90 Å². The molecule has 4 nitrogen and oxygen atoms in total. The van der Waals surface area contributed by atoms with Gasteiger partial charge in [0.15, 0.2) is 0 Å². The number of carboxylic acid groups (broad SMARTS) is 1. The predicted molar refractivity (Wildman–Crippen MR) is 96.3 cm³/mol. The zero-order chi connectivity index (χ0) is 20.0. The molecule has 0 aliphatic carbocycles. The number of nitrogens with zero attached hydrogens (tertiary/aromatic N) is 2. The van der Waals surface area contributed by atoms with Gasteiger partial charge in [-0.05, 0) is 41.8 Å². The summed E-state index contributed by atoms with van der Waals surface area (Å²) < 4.78 is 39.0. The molecule has 142 valence electrons. The lowest BCUT2D eigenvalue weighted by Crippen LogP contribution is -2.46. The highest BCUT2D eigenvalue weighted by molar-refractivity contribution is 5.79. The second kappa shape index (κ2) is 8.58. The topological polar surface area (TPSA) is 64.3 Å². The van der Waals surface area contributed by atoms with E-state index in [1.54, 1.807) is 43.3 Å². The standard InChI is InChI=1S/C20H19F3N2O2/c1-2-3-18(19(26)27)25(13-20(21,22)23)17-10-8-16(9-11-17)15-6-4-14(12-24)5-7-15/h4-11,18H,2-3,13H2,1H3,(H,26,27)/t18-/m0/s1. The van der Waals surface area contributed by atoms with Crippen molar-refractivity contribution >= 4 is 11.7 Å². The number of nitriles is 1. The Morgan fingerprint density at radius 2 is 1.63 bits per heavy atom. The van der Waals surface area contributed by atoms with E-state index in [9.17, 15) is 23.1 Å². The molecule has 0 aliphatic heterocycles. The van der Waals surface area contributed by atoms with Gasteiger partial charge in [0.25, 0.3) is 0 Å². The zero-order valence-corrected chi connectivity index (χ0v) is 14.7. The Morgan fingerprint density at radius 3 is 2.04 bits per heavy atom. The molecular weight excluding hydrogens is 357 g/mol. The molecule has 0 aromatic heterocycles. The number of benzene rings is 2. The average molecular weight is 376 g/mol. The highest BCUT2D eigenvalue weighted by Crippen LogP contribution is 2.28. The predicted octanol–water partition coefficient (Wildman–Crippen LogP) is 4.85. The third-order valence-corrected chi connectivity index (χ3v) is 4.12. The SMILES string of the molecule is CCC[C@@H](C(=O)O)N(CC(F)(F)F)c1ccc(-c2ccc(C#N)cc2)cc1. The van der Waals surface area contributed by atoms with Gasteiger partial charge in [0.1, 0.15) is 12.6 Å². The van der Waals surface area contributed by atoms with E-state index < -0.39 is 24.7 Å². The monoisotopic (exact) mass is 376 g/mol. The van der Waals surface area contributed by atoms with Crippen LogP contribution >= 0.6 is 0 Å². The van der Waals surface area contributed by atoms with Crippen molar-refractivity contribution in [1.82, 2.24) is 0 Å². The number of hydrogen-bond acceptors (Lipinski definition) is 3. The number of hydrogen-bond donors (Lipinski definition) is 1. The molecule has 0 heterocycles. The minimum atomic E-state index is -4.52. The smallest absolute Gasteiger partial charge is 0.405 e. The quantitative estimate of drug-likeness (QED) is 0.750. The lowest BCUT2D eigenvalue weighted by atomic mass is 10.0. The third-order valence-electron chi connectivity index (χ3n) is 4.12.